The normalized spacial score (nSPS) is 16.2. The Morgan fingerprint density at radius 1 is 1.33 bits per heavy atom. The highest BCUT2D eigenvalue weighted by atomic mass is 16.3. The summed E-state index contributed by atoms with van der Waals surface area (Å²) >= 11 is 0. The number of benzene rings is 1. The third-order valence-corrected chi connectivity index (χ3v) is 4.12. The second kappa shape index (κ2) is 6.29. The van der Waals surface area contributed by atoms with Crippen LogP contribution in [0.25, 0.3) is 11.1 Å². The summed E-state index contributed by atoms with van der Waals surface area (Å²) in [4.78, 5) is 16.3. The molecule has 1 saturated carbocycles. The number of rotatable bonds is 4. The molecular formula is C17H22N2O2. The first-order valence-corrected chi connectivity index (χ1v) is 7.96. The first-order valence-electron chi connectivity index (χ1n) is 7.96. The third kappa shape index (κ3) is 3.26. The summed E-state index contributed by atoms with van der Waals surface area (Å²) < 4.78 is 5.89. The SMILES string of the molecule is CCCC(=O)Nc1ccc2oc(C3CCCCC3)nc2c1. The smallest absolute Gasteiger partial charge is 0.224 e. The van der Waals surface area contributed by atoms with Crippen molar-refractivity contribution < 1.29 is 9.21 Å². The monoisotopic (exact) mass is 286 g/mol. The second-order valence-corrected chi connectivity index (χ2v) is 5.87. The third-order valence-electron chi connectivity index (χ3n) is 4.12. The lowest BCUT2D eigenvalue weighted by Gasteiger charge is -2.17. The van der Waals surface area contributed by atoms with Crippen LogP contribution in [0.1, 0.15) is 63.7 Å². The van der Waals surface area contributed by atoms with Crippen LogP contribution in [0.3, 0.4) is 0 Å². The van der Waals surface area contributed by atoms with Gasteiger partial charge in [-0.1, -0.05) is 26.2 Å². The predicted molar refractivity (Wildman–Crippen MR) is 83.4 cm³/mol. The number of hydrogen-bond acceptors (Lipinski definition) is 3. The van der Waals surface area contributed by atoms with E-state index in [1.807, 2.05) is 25.1 Å². The number of nitrogens with one attached hydrogen (secondary N) is 1. The molecule has 1 amide bonds. The van der Waals surface area contributed by atoms with Crippen molar-refractivity contribution in [2.75, 3.05) is 5.32 Å². The summed E-state index contributed by atoms with van der Waals surface area (Å²) in [5, 5.41) is 2.90. The van der Waals surface area contributed by atoms with Crippen LogP contribution >= 0.6 is 0 Å². The Morgan fingerprint density at radius 2 is 2.14 bits per heavy atom. The zero-order valence-electron chi connectivity index (χ0n) is 12.5. The Balaban J connectivity index is 1.79. The molecule has 112 valence electrons. The zero-order valence-corrected chi connectivity index (χ0v) is 12.5. The Hall–Kier alpha value is -1.84. The predicted octanol–water partition coefficient (Wildman–Crippen LogP) is 4.61. The molecule has 0 spiro atoms. The molecule has 0 unspecified atom stereocenters. The van der Waals surface area contributed by atoms with Crippen molar-refractivity contribution in [1.29, 1.82) is 0 Å². The van der Waals surface area contributed by atoms with E-state index in [0.717, 1.165) is 29.1 Å². The summed E-state index contributed by atoms with van der Waals surface area (Å²) in [6.07, 6.45) is 7.60. The molecule has 4 nitrogen and oxygen atoms in total. The highest BCUT2D eigenvalue weighted by molar-refractivity contribution is 5.92. The number of oxazole rings is 1. The van der Waals surface area contributed by atoms with Gasteiger partial charge in [-0.2, -0.15) is 0 Å². The molecule has 1 aromatic carbocycles. The number of amides is 1. The number of fused-ring (bicyclic) bond motifs is 1. The van der Waals surface area contributed by atoms with Gasteiger partial charge >= 0.3 is 0 Å². The molecule has 1 fully saturated rings. The molecule has 1 heterocycles. The molecule has 0 atom stereocenters. The highest BCUT2D eigenvalue weighted by Crippen LogP contribution is 2.34. The number of carbonyl (C=O) groups excluding carboxylic acids is 1. The lowest BCUT2D eigenvalue weighted by atomic mass is 9.89. The number of nitrogens with zero attached hydrogens (tertiary/aromatic N) is 1. The topological polar surface area (TPSA) is 55.1 Å². The van der Waals surface area contributed by atoms with Gasteiger partial charge in [0.05, 0.1) is 0 Å². The van der Waals surface area contributed by atoms with Gasteiger partial charge < -0.3 is 9.73 Å². The number of hydrogen-bond donors (Lipinski definition) is 1. The van der Waals surface area contributed by atoms with Gasteiger partial charge in [0.15, 0.2) is 11.5 Å². The van der Waals surface area contributed by atoms with Gasteiger partial charge in [-0.25, -0.2) is 4.98 Å². The summed E-state index contributed by atoms with van der Waals surface area (Å²) in [6, 6.07) is 5.68. The van der Waals surface area contributed by atoms with Gasteiger partial charge in [0, 0.05) is 18.0 Å². The van der Waals surface area contributed by atoms with Crippen LogP contribution < -0.4 is 5.32 Å². The second-order valence-electron chi connectivity index (χ2n) is 5.87. The summed E-state index contributed by atoms with van der Waals surface area (Å²) in [7, 11) is 0. The lowest BCUT2D eigenvalue weighted by molar-refractivity contribution is -0.116. The maximum Gasteiger partial charge on any atom is 0.224 e. The van der Waals surface area contributed by atoms with Crippen molar-refractivity contribution in [3.63, 3.8) is 0 Å². The molecule has 3 rings (SSSR count). The molecule has 1 aliphatic carbocycles. The first-order chi connectivity index (χ1) is 10.3. The first kappa shape index (κ1) is 14.1. The molecule has 2 aromatic rings. The van der Waals surface area contributed by atoms with Crippen LogP contribution in [0.4, 0.5) is 5.69 Å². The summed E-state index contributed by atoms with van der Waals surface area (Å²) in [5.41, 5.74) is 2.44. The van der Waals surface area contributed by atoms with E-state index in [4.69, 9.17) is 4.42 Å². The van der Waals surface area contributed by atoms with Gasteiger partial charge in [-0.3, -0.25) is 4.79 Å². The number of carbonyl (C=O) groups is 1. The van der Waals surface area contributed by atoms with Gasteiger partial charge in [-0.15, -0.1) is 0 Å². The van der Waals surface area contributed by atoms with Crippen LogP contribution in [-0.2, 0) is 4.79 Å². The van der Waals surface area contributed by atoms with Crippen molar-refractivity contribution in [3.8, 4) is 0 Å². The van der Waals surface area contributed by atoms with Crippen molar-refractivity contribution in [1.82, 2.24) is 4.98 Å². The fourth-order valence-corrected chi connectivity index (χ4v) is 3.00. The fourth-order valence-electron chi connectivity index (χ4n) is 3.00. The van der Waals surface area contributed by atoms with Crippen molar-refractivity contribution in [3.05, 3.63) is 24.1 Å². The molecule has 0 saturated heterocycles. The zero-order chi connectivity index (χ0) is 14.7. The molecule has 1 N–H and O–H groups in total. The van der Waals surface area contributed by atoms with Crippen LogP contribution in [0.2, 0.25) is 0 Å². The molecule has 1 aliphatic rings. The van der Waals surface area contributed by atoms with E-state index in [1.54, 1.807) is 0 Å². The van der Waals surface area contributed by atoms with E-state index in [0.29, 0.717) is 12.3 Å². The molecule has 1 aromatic heterocycles. The maximum absolute atomic E-state index is 11.6. The molecule has 4 heteroatoms. The van der Waals surface area contributed by atoms with Gasteiger partial charge in [0.25, 0.3) is 0 Å². The maximum atomic E-state index is 11.6. The van der Waals surface area contributed by atoms with E-state index >= 15 is 0 Å². The Morgan fingerprint density at radius 3 is 2.90 bits per heavy atom. The van der Waals surface area contributed by atoms with Crippen LogP contribution in [-0.4, -0.2) is 10.9 Å². The van der Waals surface area contributed by atoms with Crippen molar-refractivity contribution >= 4 is 22.7 Å². The Kier molecular flexibility index (Phi) is 4.23. The molecule has 21 heavy (non-hydrogen) atoms. The standard InChI is InChI=1S/C17H22N2O2/c1-2-6-16(20)18-13-9-10-15-14(11-13)19-17(21-15)12-7-4-3-5-8-12/h9-12H,2-8H2,1H3,(H,18,20). The number of anilines is 1. The molecular weight excluding hydrogens is 264 g/mol. The van der Waals surface area contributed by atoms with Crippen LogP contribution in [0.15, 0.2) is 22.6 Å². The minimum atomic E-state index is 0.0489. The van der Waals surface area contributed by atoms with Crippen molar-refractivity contribution in [2.24, 2.45) is 0 Å². The summed E-state index contributed by atoms with van der Waals surface area (Å²) in [6.45, 7) is 2.00. The minimum Gasteiger partial charge on any atom is -0.440 e. The van der Waals surface area contributed by atoms with Crippen molar-refractivity contribution in [2.45, 2.75) is 57.8 Å². The van der Waals surface area contributed by atoms with Gasteiger partial charge in [-0.05, 0) is 37.5 Å². The number of aromatic nitrogens is 1. The average molecular weight is 286 g/mol. The fraction of sp³-hybridized carbons (Fsp3) is 0.529. The van der Waals surface area contributed by atoms with Crippen LogP contribution in [0.5, 0.6) is 0 Å². The van der Waals surface area contributed by atoms with E-state index in [-0.39, 0.29) is 5.91 Å². The molecule has 0 aliphatic heterocycles. The van der Waals surface area contributed by atoms with Crippen LogP contribution in [0, 0.1) is 0 Å². The van der Waals surface area contributed by atoms with Gasteiger partial charge in [0.1, 0.15) is 5.52 Å². The van der Waals surface area contributed by atoms with E-state index < -0.39 is 0 Å². The largest absolute Gasteiger partial charge is 0.440 e. The summed E-state index contributed by atoms with van der Waals surface area (Å²) in [5.74, 6) is 1.37. The Bertz CT molecular complexity index is 627. The van der Waals surface area contributed by atoms with E-state index in [1.165, 1.54) is 32.1 Å². The quantitative estimate of drug-likeness (QED) is 0.892. The molecule has 0 radical (unpaired) electrons. The van der Waals surface area contributed by atoms with E-state index in [2.05, 4.69) is 10.3 Å². The average Bonchev–Trinajstić information content (AvgIpc) is 2.91. The Labute approximate surface area is 124 Å². The molecule has 0 bridgehead atoms. The van der Waals surface area contributed by atoms with Gasteiger partial charge in [0.2, 0.25) is 5.91 Å². The van der Waals surface area contributed by atoms with E-state index in [9.17, 15) is 4.79 Å². The minimum absolute atomic E-state index is 0.0489. The lowest BCUT2D eigenvalue weighted by Crippen LogP contribution is -2.10. The highest BCUT2D eigenvalue weighted by Gasteiger charge is 2.20.